The highest BCUT2D eigenvalue weighted by Crippen LogP contribution is 2.42. The Hall–Kier alpha value is -1.19. The van der Waals surface area contributed by atoms with Crippen LogP contribution in [0.5, 0.6) is 5.75 Å². The highest BCUT2D eigenvalue weighted by molar-refractivity contribution is 7.83. The first-order valence-electron chi connectivity index (χ1n) is 7.20. The Balaban J connectivity index is 2.36. The summed E-state index contributed by atoms with van der Waals surface area (Å²) in [5.74, 6) is -1.60. The van der Waals surface area contributed by atoms with E-state index in [2.05, 4.69) is 9.71 Å². The molecule has 1 aromatic rings. The molecular formula is C14H16ClF3N2O3S. The van der Waals surface area contributed by atoms with E-state index in [9.17, 15) is 22.2 Å². The molecule has 0 amide bonds. The highest BCUT2D eigenvalue weighted by Gasteiger charge is 2.44. The number of pyridine rings is 1. The van der Waals surface area contributed by atoms with Gasteiger partial charge in [0, 0.05) is 11.3 Å². The van der Waals surface area contributed by atoms with E-state index in [0.717, 1.165) is 18.9 Å². The van der Waals surface area contributed by atoms with Crippen LogP contribution in [0, 0.1) is 0 Å². The molecule has 0 aromatic carbocycles. The fraction of sp³-hybridized carbons (Fsp3) is 0.571. The van der Waals surface area contributed by atoms with Crippen LogP contribution in [0.2, 0.25) is 5.15 Å². The molecule has 1 aliphatic rings. The summed E-state index contributed by atoms with van der Waals surface area (Å²) in [6, 6.07) is 0.994. The number of rotatable bonds is 6. The average Bonchev–Trinajstić information content (AvgIpc) is 2.81. The number of unbranched alkanes of at least 4 members (excludes halogenated alkanes) is 1. The number of fused-ring (bicyclic) bond motifs is 1. The van der Waals surface area contributed by atoms with Gasteiger partial charge in [-0.05, 0) is 19.4 Å². The molecule has 1 aliphatic heterocycles. The van der Waals surface area contributed by atoms with Crippen LogP contribution in [-0.4, -0.2) is 33.5 Å². The number of carbonyl (C=O) groups is 1. The van der Waals surface area contributed by atoms with Gasteiger partial charge in [-0.1, -0.05) is 24.9 Å². The number of halogens is 4. The van der Waals surface area contributed by atoms with Crippen molar-refractivity contribution in [3.8, 4) is 5.75 Å². The second kappa shape index (κ2) is 6.97. The topological polar surface area (TPSA) is 68.3 Å². The van der Waals surface area contributed by atoms with Crippen LogP contribution in [0.4, 0.5) is 13.2 Å². The third-order valence-electron chi connectivity index (χ3n) is 3.54. The number of aromatic nitrogens is 1. The van der Waals surface area contributed by atoms with E-state index in [0.29, 0.717) is 5.75 Å². The van der Waals surface area contributed by atoms with Gasteiger partial charge in [0.2, 0.25) is 0 Å². The van der Waals surface area contributed by atoms with E-state index < -0.39 is 34.2 Å². The van der Waals surface area contributed by atoms with Crippen molar-refractivity contribution in [1.29, 1.82) is 0 Å². The molecule has 10 heteroatoms. The van der Waals surface area contributed by atoms with Crippen LogP contribution in [0.1, 0.15) is 42.7 Å². The van der Waals surface area contributed by atoms with Crippen LogP contribution in [0.3, 0.4) is 0 Å². The van der Waals surface area contributed by atoms with E-state index in [-0.39, 0.29) is 23.1 Å². The van der Waals surface area contributed by atoms with Gasteiger partial charge >= 0.3 is 6.18 Å². The number of alkyl halides is 3. The number of nitrogens with one attached hydrogen (secondary N) is 1. The quantitative estimate of drug-likeness (QED) is 0.604. The first-order chi connectivity index (χ1) is 11.1. The summed E-state index contributed by atoms with van der Waals surface area (Å²) in [6.07, 6.45) is -3.46. The molecule has 2 atom stereocenters. The standard InChI is InChI=1S/C14H16ClF3N2O3S/c1-3-4-5-24(22)20-13(2)7-23-10-8(13)6-9(19-12(10)15)11(21)14(16,17)18/h6,20H,3-5,7H2,1-2H3. The molecule has 1 N–H and O–H groups in total. The molecule has 0 radical (unpaired) electrons. The van der Waals surface area contributed by atoms with Gasteiger partial charge in [-0.15, -0.1) is 0 Å². The molecule has 0 saturated heterocycles. The maximum Gasteiger partial charge on any atom is 0.456 e. The number of hydrogen-bond acceptors (Lipinski definition) is 4. The van der Waals surface area contributed by atoms with Gasteiger partial charge in [0.25, 0.3) is 5.78 Å². The third kappa shape index (κ3) is 3.89. The largest absolute Gasteiger partial charge is 0.488 e. The number of carbonyl (C=O) groups excluding carboxylic acids is 1. The van der Waals surface area contributed by atoms with Gasteiger partial charge in [-0.25, -0.2) is 13.9 Å². The molecule has 0 spiro atoms. The van der Waals surface area contributed by atoms with Gasteiger partial charge in [0.15, 0.2) is 10.9 Å². The number of ketones is 1. The Morgan fingerprint density at radius 3 is 2.79 bits per heavy atom. The van der Waals surface area contributed by atoms with Crippen molar-refractivity contribution < 1.29 is 26.9 Å². The normalized spacial score (nSPS) is 21.2. The summed E-state index contributed by atoms with van der Waals surface area (Å²) in [5, 5.41) is -0.329. The maximum absolute atomic E-state index is 12.6. The predicted molar refractivity (Wildman–Crippen MR) is 83.5 cm³/mol. The molecule has 1 aromatic heterocycles. The van der Waals surface area contributed by atoms with Crippen molar-refractivity contribution in [2.75, 3.05) is 12.4 Å². The van der Waals surface area contributed by atoms with E-state index in [1.54, 1.807) is 6.92 Å². The number of nitrogens with zero attached hydrogens (tertiary/aromatic N) is 1. The fourth-order valence-electron chi connectivity index (χ4n) is 2.27. The third-order valence-corrected chi connectivity index (χ3v) is 5.14. The summed E-state index contributed by atoms with van der Waals surface area (Å²) >= 11 is 5.86. The van der Waals surface area contributed by atoms with Crippen LogP contribution in [0.25, 0.3) is 0 Å². The second-order valence-electron chi connectivity index (χ2n) is 5.63. The number of hydrogen-bond donors (Lipinski definition) is 1. The molecule has 2 heterocycles. The number of ether oxygens (including phenoxy) is 1. The van der Waals surface area contributed by atoms with E-state index in [1.165, 1.54) is 0 Å². The molecule has 0 aliphatic carbocycles. The lowest BCUT2D eigenvalue weighted by Gasteiger charge is -2.24. The minimum absolute atomic E-state index is 0.0191. The summed E-state index contributed by atoms with van der Waals surface area (Å²) < 4.78 is 58.2. The Kier molecular flexibility index (Phi) is 5.56. The molecule has 24 heavy (non-hydrogen) atoms. The Bertz CT molecular complexity index is 684. The highest BCUT2D eigenvalue weighted by atomic mass is 35.5. The lowest BCUT2D eigenvalue weighted by atomic mass is 9.95. The van der Waals surface area contributed by atoms with E-state index in [1.807, 2.05) is 6.92 Å². The molecule has 2 unspecified atom stereocenters. The summed E-state index contributed by atoms with van der Waals surface area (Å²) in [7, 11) is -1.40. The van der Waals surface area contributed by atoms with E-state index >= 15 is 0 Å². The molecule has 134 valence electrons. The lowest BCUT2D eigenvalue weighted by Crippen LogP contribution is -2.43. The Labute approximate surface area is 144 Å². The van der Waals surface area contributed by atoms with Gasteiger partial charge in [-0.2, -0.15) is 13.2 Å². The smallest absolute Gasteiger partial charge is 0.456 e. The van der Waals surface area contributed by atoms with Gasteiger partial charge < -0.3 is 4.74 Å². The first-order valence-corrected chi connectivity index (χ1v) is 8.89. The molecule has 2 rings (SSSR count). The summed E-state index contributed by atoms with van der Waals surface area (Å²) in [6.45, 7) is 3.60. The molecular weight excluding hydrogens is 369 g/mol. The minimum atomic E-state index is -5.06. The van der Waals surface area contributed by atoms with Crippen LogP contribution >= 0.6 is 11.6 Å². The van der Waals surface area contributed by atoms with Gasteiger partial charge in [-0.3, -0.25) is 4.79 Å². The summed E-state index contributed by atoms with van der Waals surface area (Å²) in [4.78, 5) is 14.9. The van der Waals surface area contributed by atoms with Crippen LogP contribution in [-0.2, 0) is 16.5 Å². The lowest BCUT2D eigenvalue weighted by molar-refractivity contribution is -0.0888. The average molecular weight is 385 g/mol. The van der Waals surface area contributed by atoms with Gasteiger partial charge in [0.1, 0.15) is 12.3 Å². The Morgan fingerprint density at radius 2 is 2.21 bits per heavy atom. The molecule has 0 fully saturated rings. The Morgan fingerprint density at radius 1 is 1.54 bits per heavy atom. The SMILES string of the molecule is CCCCS(=O)NC1(C)COc2c1cc(C(=O)C(F)(F)F)nc2Cl. The van der Waals surface area contributed by atoms with E-state index in [4.69, 9.17) is 16.3 Å². The second-order valence-corrected chi connectivity index (χ2v) is 7.29. The van der Waals surface area contributed by atoms with Crippen LogP contribution in [0.15, 0.2) is 6.07 Å². The zero-order valence-electron chi connectivity index (χ0n) is 13.0. The molecule has 5 nitrogen and oxygen atoms in total. The monoisotopic (exact) mass is 384 g/mol. The van der Waals surface area contributed by atoms with Crippen molar-refractivity contribution in [2.24, 2.45) is 0 Å². The zero-order chi connectivity index (χ0) is 18.1. The van der Waals surface area contributed by atoms with Crippen molar-refractivity contribution in [1.82, 2.24) is 9.71 Å². The van der Waals surface area contributed by atoms with Crippen molar-refractivity contribution in [2.45, 2.75) is 38.4 Å². The molecule has 0 bridgehead atoms. The number of Topliss-reactive ketones (excluding diaryl/α,β-unsaturated/α-hetero) is 1. The van der Waals surface area contributed by atoms with Crippen LogP contribution < -0.4 is 9.46 Å². The minimum Gasteiger partial charge on any atom is -0.488 e. The summed E-state index contributed by atoms with van der Waals surface area (Å²) in [5.41, 5.74) is -1.61. The zero-order valence-corrected chi connectivity index (χ0v) is 14.6. The predicted octanol–water partition coefficient (Wildman–Crippen LogP) is 3.14. The van der Waals surface area contributed by atoms with Crippen molar-refractivity contribution >= 4 is 28.4 Å². The fourth-order valence-corrected chi connectivity index (χ4v) is 3.84. The first kappa shape index (κ1) is 19.1. The van der Waals surface area contributed by atoms with Gasteiger partial charge in [0.05, 0.1) is 16.5 Å². The van der Waals surface area contributed by atoms with Crippen molar-refractivity contribution in [3.05, 3.63) is 22.5 Å². The maximum atomic E-state index is 12.6. The molecule has 0 saturated carbocycles. The van der Waals surface area contributed by atoms with Crippen molar-refractivity contribution in [3.63, 3.8) is 0 Å².